The van der Waals surface area contributed by atoms with E-state index >= 15 is 0 Å². The third kappa shape index (κ3) is 3.43. The normalized spacial score (nSPS) is 18.6. The Morgan fingerprint density at radius 2 is 2.00 bits per heavy atom. The van der Waals surface area contributed by atoms with E-state index < -0.39 is 0 Å². The summed E-state index contributed by atoms with van der Waals surface area (Å²) in [6.45, 7) is 7.83. The Bertz CT molecular complexity index is 423. The van der Waals surface area contributed by atoms with Gasteiger partial charge in [-0.25, -0.2) is 0 Å². The van der Waals surface area contributed by atoms with Gasteiger partial charge in [-0.05, 0) is 43.0 Å². The Morgan fingerprint density at radius 1 is 1.32 bits per heavy atom. The highest BCUT2D eigenvalue weighted by molar-refractivity contribution is 6.31. The van der Waals surface area contributed by atoms with Crippen LogP contribution >= 0.6 is 11.6 Å². The predicted molar refractivity (Wildman–Crippen MR) is 84.1 cm³/mol. The fourth-order valence-electron chi connectivity index (χ4n) is 2.73. The van der Waals surface area contributed by atoms with Crippen molar-refractivity contribution >= 4 is 17.3 Å². The van der Waals surface area contributed by atoms with Gasteiger partial charge in [-0.3, -0.25) is 0 Å². The Kier molecular flexibility index (Phi) is 4.75. The molecule has 0 aliphatic carbocycles. The molecule has 1 aliphatic heterocycles. The maximum absolute atomic E-state index is 6.34. The number of anilines is 1. The number of piperidine rings is 1. The van der Waals surface area contributed by atoms with Crippen LogP contribution in [-0.2, 0) is 6.54 Å². The third-order valence-corrected chi connectivity index (χ3v) is 4.94. The van der Waals surface area contributed by atoms with Crippen molar-refractivity contribution in [1.29, 1.82) is 0 Å². The molecule has 1 aliphatic rings. The lowest BCUT2D eigenvalue weighted by atomic mass is 9.78. The van der Waals surface area contributed by atoms with Gasteiger partial charge in [0.05, 0.1) is 0 Å². The fraction of sp³-hybridized carbons (Fsp3) is 0.625. The van der Waals surface area contributed by atoms with Gasteiger partial charge >= 0.3 is 0 Å². The number of hydrogen-bond donors (Lipinski definition) is 1. The molecule has 0 unspecified atom stereocenters. The molecule has 0 bridgehead atoms. The lowest BCUT2D eigenvalue weighted by Gasteiger charge is -2.40. The summed E-state index contributed by atoms with van der Waals surface area (Å²) in [6, 6.07) is 6.46. The molecule has 0 saturated carbocycles. The third-order valence-electron chi connectivity index (χ3n) is 4.59. The molecule has 1 heterocycles. The van der Waals surface area contributed by atoms with E-state index in [-0.39, 0.29) is 0 Å². The lowest BCUT2D eigenvalue weighted by molar-refractivity contribution is 0.238. The monoisotopic (exact) mass is 280 g/mol. The first-order chi connectivity index (χ1) is 9.08. The first-order valence-corrected chi connectivity index (χ1v) is 7.64. The van der Waals surface area contributed by atoms with Crippen molar-refractivity contribution < 1.29 is 0 Å². The van der Waals surface area contributed by atoms with Crippen molar-refractivity contribution in [3.8, 4) is 0 Å². The Hall–Kier alpha value is -0.730. The van der Waals surface area contributed by atoms with Crippen LogP contribution in [0.25, 0.3) is 0 Å². The Labute approximate surface area is 122 Å². The minimum Gasteiger partial charge on any atom is -0.371 e. The quantitative estimate of drug-likeness (QED) is 0.894. The van der Waals surface area contributed by atoms with Crippen LogP contribution in [0.1, 0.15) is 38.7 Å². The van der Waals surface area contributed by atoms with Gasteiger partial charge in [0.1, 0.15) is 0 Å². The van der Waals surface area contributed by atoms with Gasteiger partial charge in [0.2, 0.25) is 0 Å². The van der Waals surface area contributed by atoms with Crippen LogP contribution in [-0.4, -0.2) is 20.1 Å². The molecule has 1 N–H and O–H groups in total. The molecule has 1 aromatic rings. The molecule has 1 saturated heterocycles. The molecular formula is C16H25ClN2. The number of nitrogens with zero attached hydrogens (tertiary/aromatic N) is 1. The molecule has 0 amide bonds. The van der Waals surface area contributed by atoms with Crippen molar-refractivity contribution in [3.63, 3.8) is 0 Å². The summed E-state index contributed by atoms with van der Waals surface area (Å²) in [5.74, 6) is 0. The van der Waals surface area contributed by atoms with E-state index in [1.807, 2.05) is 7.05 Å². The second kappa shape index (κ2) is 6.15. The van der Waals surface area contributed by atoms with Gasteiger partial charge < -0.3 is 10.2 Å². The zero-order chi connectivity index (χ0) is 13.9. The number of rotatable bonds is 4. The van der Waals surface area contributed by atoms with Crippen molar-refractivity contribution in [2.45, 2.75) is 39.7 Å². The molecule has 3 heteroatoms. The average molecular weight is 281 g/mol. The van der Waals surface area contributed by atoms with Crippen molar-refractivity contribution in [2.75, 3.05) is 25.0 Å². The van der Waals surface area contributed by atoms with Gasteiger partial charge in [0.25, 0.3) is 0 Å². The maximum Gasteiger partial charge on any atom is 0.0471 e. The largest absolute Gasteiger partial charge is 0.371 e. The van der Waals surface area contributed by atoms with E-state index in [1.165, 1.54) is 30.5 Å². The molecule has 0 aromatic heterocycles. The number of benzene rings is 1. The summed E-state index contributed by atoms with van der Waals surface area (Å²) in [6.07, 6.45) is 3.83. The van der Waals surface area contributed by atoms with Crippen molar-refractivity contribution in [1.82, 2.24) is 5.32 Å². The molecule has 2 nitrogen and oxygen atoms in total. The van der Waals surface area contributed by atoms with E-state index in [1.54, 1.807) is 0 Å². The van der Waals surface area contributed by atoms with E-state index in [9.17, 15) is 0 Å². The topological polar surface area (TPSA) is 15.3 Å². The fourth-order valence-corrected chi connectivity index (χ4v) is 2.97. The summed E-state index contributed by atoms with van der Waals surface area (Å²) in [5.41, 5.74) is 2.97. The van der Waals surface area contributed by atoms with E-state index in [0.29, 0.717) is 5.41 Å². The molecule has 1 aromatic carbocycles. The molecule has 1 fully saturated rings. The molecule has 0 spiro atoms. The number of hydrogen-bond acceptors (Lipinski definition) is 2. The SMILES string of the molecule is CCC1(C)CCN(c2ccc(CNC)c(Cl)c2)CC1. The Balaban J connectivity index is 2.06. The average Bonchev–Trinajstić information content (AvgIpc) is 2.42. The summed E-state index contributed by atoms with van der Waals surface area (Å²) in [4.78, 5) is 2.46. The van der Waals surface area contributed by atoms with Crippen LogP contribution in [0.15, 0.2) is 18.2 Å². The van der Waals surface area contributed by atoms with E-state index in [4.69, 9.17) is 11.6 Å². The molecule has 0 atom stereocenters. The highest BCUT2D eigenvalue weighted by atomic mass is 35.5. The van der Waals surface area contributed by atoms with Crippen molar-refractivity contribution in [2.24, 2.45) is 5.41 Å². The highest BCUT2D eigenvalue weighted by Gasteiger charge is 2.28. The first-order valence-electron chi connectivity index (χ1n) is 7.26. The van der Waals surface area contributed by atoms with E-state index in [0.717, 1.165) is 24.7 Å². The zero-order valence-corrected chi connectivity index (χ0v) is 13.1. The molecule has 0 radical (unpaired) electrons. The van der Waals surface area contributed by atoms with Gasteiger partial charge in [0.15, 0.2) is 0 Å². The number of nitrogens with one attached hydrogen (secondary N) is 1. The van der Waals surface area contributed by atoms with Crippen LogP contribution in [0.5, 0.6) is 0 Å². The lowest BCUT2D eigenvalue weighted by Crippen LogP contribution is -2.38. The van der Waals surface area contributed by atoms with Gasteiger partial charge in [-0.1, -0.05) is 37.9 Å². The highest BCUT2D eigenvalue weighted by Crippen LogP contribution is 2.36. The number of halogens is 1. The molecule has 2 rings (SSSR count). The summed E-state index contributed by atoms with van der Waals surface area (Å²) < 4.78 is 0. The van der Waals surface area contributed by atoms with Crippen LogP contribution in [0.3, 0.4) is 0 Å². The minimum absolute atomic E-state index is 0.534. The maximum atomic E-state index is 6.34. The van der Waals surface area contributed by atoms with E-state index in [2.05, 4.69) is 42.3 Å². The summed E-state index contributed by atoms with van der Waals surface area (Å²) in [5, 5.41) is 4.02. The summed E-state index contributed by atoms with van der Waals surface area (Å²) >= 11 is 6.34. The predicted octanol–water partition coefficient (Wildman–Crippen LogP) is 4.08. The van der Waals surface area contributed by atoms with Crippen LogP contribution in [0, 0.1) is 5.41 Å². The first kappa shape index (κ1) is 14.7. The van der Waals surface area contributed by atoms with Crippen molar-refractivity contribution in [3.05, 3.63) is 28.8 Å². The minimum atomic E-state index is 0.534. The van der Waals surface area contributed by atoms with Crippen LogP contribution in [0.2, 0.25) is 5.02 Å². The van der Waals surface area contributed by atoms with Gasteiger partial charge in [-0.15, -0.1) is 0 Å². The second-order valence-electron chi connectivity index (χ2n) is 5.96. The molecule has 106 valence electrons. The van der Waals surface area contributed by atoms with Gasteiger partial charge in [-0.2, -0.15) is 0 Å². The van der Waals surface area contributed by atoms with Crippen LogP contribution < -0.4 is 10.2 Å². The second-order valence-corrected chi connectivity index (χ2v) is 6.36. The molecular weight excluding hydrogens is 256 g/mol. The standard InChI is InChI=1S/C16H25ClN2/c1-4-16(2)7-9-19(10-8-16)14-6-5-13(12-18-3)15(17)11-14/h5-6,11,18H,4,7-10,12H2,1-3H3. The zero-order valence-electron chi connectivity index (χ0n) is 12.3. The molecule has 19 heavy (non-hydrogen) atoms. The smallest absolute Gasteiger partial charge is 0.0471 e. The van der Waals surface area contributed by atoms with Crippen LogP contribution in [0.4, 0.5) is 5.69 Å². The summed E-state index contributed by atoms with van der Waals surface area (Å²) in [7, 11) is 1.94. The van der Waals surface area contributed by atoms with Gasteiger partial charge in [0, 0.05) is 30.3 Å². The Morgan fingerprint density at radius 3 is 2.53 bits per heavy atom.